The summed E-state index contributed by atoms with van der Waals surface area (Å²) >= 11 is 3.49. The lowest BCUT2D eigenvalue weighted by molar-refractivity contribution is 0.504. The van der Waals surface area contributed by atoms with Crippen molar-refractivity contribution in [3.63, 3.8) is 0 Å². The van der Waals surface area contributed by atoms with Crippen molar-refractivity contribution in [1.82, 2.24) is 4.98 Å². The summed E-state index contributed by atoms with van der Waals surface area (Å²) in [7, 11) is 2.14. The molecule has 0 atom stereocenters. The molecule has 0 aliphatic heterocycles. The molecular formula is C14H21BrN2. The van der Waals surface area contributed by atoms with E-state index in [0.29, 0.717) is 0 Å². The van der Waals surface area contributed by atoms with Crippen molar-refractivity contribution in [2.45, 2.75) is 39.0 Å². The van der Waals surface area contributed by atoms with Crippen molar-refractivity contribution in [2.24, 2.45) is 5.92 Å². The third-order valence-electron chi connectivity index (χ3n) is 3.77. The van der Waals surface area contributed by atoms with E-state index >= 15 is 0 Å². The third-order valence-corrected chi connectivity index (χ3v) is 4.60. The van der Waals surface area contributed by atoms with Crippen LogP contribution in [0.4, 0.5) is 5.82 Å². The van der Waals surface area contributed by atoms with Crippen molar-refractivity contribution in [3.8, 4) is 0 Å². The Balaban J connectivity index is 1.89. The molecule has 94 valence electrons. The van der Waals surface area contributed by atoms with Crippen molar-refractivity contribution in [2.75, 3.05) is 18.5 Å². The Bertz CT molecular complexity index is 372. The minimum absolute atomic E-state index is 0.953. The van der Waals surface area contributed by atoms with E-state index in [1.807, 2.05) is 6.20 Å². The van der Waals surface area contributed by atoms with Gasteiger partial charge in [-0.15, -0.1) is 0 Å². The Morgan fingerprint density at radius 2 is 2.12 bits per heavy atom. The van der Waals surface area contributed by atoms with Crippen molar-refractivity contribution >= 4 is 21.7 Å². The fourth-order valence-corrected chi connectivity index (χ4v) is 2.74. The predicted molar refractivity (Wildman–Crippen MR) is 76.5 cm³/mol. The zero-order valence-electron chi connectivity index (χ0n) is 10.7. The van der Waals surface area contributed by atoms with Gasteiger partial charge in [0.25, 0.3) is 0 Å². The fourth-order valence-electron chi connectivity index (χ4n) is 2.52. The van der Waals surface area contributed by atoms with Gasteiger partial charge in [0.15, 0.2) is 0 Å². The maximum absolute atomic E-state index is 4.46. The lowest BCUT2D eigenvalue weighted by Crippen LogP contribution is -2.21. The highest BCUT2D eigenvalue weighted by Crippen LogP contribution is 2.28. The van der Waals surface area contributed by atoms with Crippen LogP contribution < -0.4 is 4.90 Å². The summed E-state index contributed by atoms with van der Waals surface area (Å²) in [5.41, 5.74) is 1.25. The number of rotatable bonds is 4. The van der Waals surface area contributed by atoms with Gasteiger partial charge in [0, 0.05) is 24.3 Å². The number of aromatic nitrogens is 1. The first-order valence-corrected chi connectivity index (χ1v) is 7.29. The van der Waals surface area contributed by atoms with E-state index in [1.54, 1.807) is 0 Å². The maximum atomic E-state index is 4.46. The summed E-state index contributed by atoms with van der Waals surface area (Å²) in [6.45, 7) is 3.23. The molecule has 17 heavy (non-hydrogen) atoms. The molecule has 2 rings (SSSR count). The Morgan fingerprint density at radius 1 is 1.41 bits per heavy atom. The number of halogens is 1. The van der Waals surface area contributed by atoms with Crippen LogP contribution >= 0.6 is 15.9 Å². The van der Waals surface area contributed by atoms with E-state index in [2.05, 4.69) is 45.9 Å². The van der Waals surface area contributed by atoms with Crippen molar-refractivity contribution < 1.29 is 0 Å². The second kappa shape index (κ2) is 5.85. The molecule has 1 fully saturated rings. The predicted octanol–water partition coefficient (Wildman–Crippen LogP) is 4.17. The van der Waals surface area contributed by atoms with Crippen molar-refractivity contribution in [3.05, 3.63) is 22.3 Å². The molecule has 0 bridgehead atoms. The Labute approximate surface area is 113 Å². The standard InChI is InChI=1S/C14H21BrN2/c1-11-9-14(16-10-13(11)15)17(2)8-7-12-5-3-4-6-12/h9-10,12H,3-8H2,1-2H3. The monoisotopic (exact) mass is 296 g/mol. The molecule has 0 saturated heterocycles. The molecule has 2 nitrogen and oxygen atoms in total. The van der Waals surface area contributed by atoms with Crippen LogP contribution in [-0.4, -0.2) is 18.6 Å². The highest BCUT2D eigenvalue weighted by molar-refractivity contribution is 9.10. The van der Waals surface area contributed by atoms with Gasteiger partial charge in [0.05, 0.1) is 0 Å². The largest absolute Gasteiger partial charge is 0.360 e. The molecule has 0 N–H and O–H groups in total. The van der Waals surface area contributed by atoms with Gasteiger partial charge in [0.1, 0.15) is 5.82 Å². The lowest BCUT2D eigenvalue weighted by atomic mass is 10.0. The van der Waals surface area contributed by atoms with Crippen LogP contribution in [0.15, 0.2) is 16.7 Å². The zero-order valence-corrected chi connectivity index (χ0v) is 12.3. The first-order chi connectivity index (χ1) is 8.16. The smallest absolute Gasteiger partial charge is 0.128 e. The average molecular weight is 297 g/mol. The van der Waals surface area contributed by atoms with Crippen LogP contribution in [0.3, 0.4) is 0 Å². The number of hydrogen-bond donors (Lipinski definition) is 0. The lowest BCUT2D eigenvalue weighted by Gasteiger charge is -2.20. The molecule has 0 amide bonds. The van der Waals surface area contributed by atoms with Gasteiger partial charge in [-0.2, -0.15) is 0 Å². The quantitative estimate of drug-likeness (QED) is 0.829. The highest BCUT2D eigenvalue weighted by atomic mass is 79.9. The zero-order chi connectivity index (χ0) is 12.3. The van der Waals surface area contributed by atoms with Crippen LogP contribution in [0.25, 0.3) is 0 Å². The van der Waals surface area contributed by atoms with Crippen LogP contribution in [0.5, 0.6) is 0 Å². The molecule has 1 aromatic rings. The molecular weight excluding hydrogens is 276 g/mol. The van der Waals surface area contributed by atoms with E-state index in [9.17, 15) is 0 Å². The van der Waals surface area contributed by atoms with Crippen LogP contribution in [-0.2, 0) is 0 Å². The van der Waals surface area contributed by atoms with Crippen LogP contribution in [0.2, 0.25) is 0 Å². The number of hydrogen-bond acceptors (Lipinski definition) is 2. The number of nitrogens with zero attached hydrogens (tertiary/aromatic N) is 2. The second-order valence-electron chi connectivity index (χ2n) is 5.15. The van der Waals surface area contributed by atoms with Gasteiger partial charge in [-0.25, -0.2) is 4.98 Å². The van der Waals surface area contributed by atoms with Crippen LogP contribution in [0, 0.1) is 12.8 Å². The minimum atomic E-state index is 0.953. The Morgan fingerprint density at radius 3 is 2.76 bits per heavy atom. The summed E-state index contributed by atoms with van der Waals surface area (Å²) in [4.78, 5) is 6.74. The van der Waals surface area contributed by atoms with Crippen molar-refractivity contribution in [1.29, 1.82) is 0 Å². The van der Waals surface area contributed by atoms with Gasteiger partial charge < -0.3 is 4.90 Å². The molecule has 0 unspecified atom stereocenters. The van der Waals surface area contributed by atoms with Crippen LogP contribution in [0.1, 0.15) is 37.7 Å². The van der Waals surface area contributed by atoms with E-state index in [0.717, 1.165) is 22.8 Å². The number of aryl methyl sites for hydroxylation is 1. The summed E-state index contributed by atoms with van der Waals surface area (Å²) in [6, 6.07) is 2.15. The topological polar surface area (TPSA) is 16.1 Å². The summed E-state index contributed by atoms with van der Waals surface area (Å²) in [6.07, 6.45) is 8.94. The van der Waals surface area contributed by atoms with Gasteiger partial charge in [0.2, 0.25) is 0 Å². The minimum Gasteiger partial charge on any atom is -0.360 e. The van der Waals surface area contributed by atoms with Gasteiger partial charge in [-0.05, 0) is 46.8 Å². The fraction of sp³-hybridized carbons (Fsp3) is 0.643. The first-order valence-electron chi connectivity index (χ1n) is 6.50. The summed E-state index contributed by atoms with van der Waals surface area (Å²) in [5.74, 6) is 2.04. The first kappa shape index (κ1) is 12.9. The van der Waals surface area contributed by atoms with E-state index in [4.69, 9.17) is 0 Å². The Kier molecular flexibility index (Phi) is 4.43. The maximum Gasteiger partial charge on any atom is 0.128 e. The molecule has 0 radical (unpaired) electrons. The van der Waals surface area contributed by atoms with Gasteiger partial charge >= 0.3 is 0 Å². The average Bonchev–Trinajstić information content (AvgIpc) is 2.82. The van der Waals surface area contributed by atoms with Gasteiger partial charge in [-0.3, -0.25) is 0 Å². The van der Waals surface area contributed by atoms with E-state index in [1.165, 1.54) is 37.7 Å². The molecule has 1 aliphatic carbocycles. The molecule has 1 aromatic heterocycles. The molecule has 1 saturated carbocycles. The van der Waals surface area contributed by atoms with Gasteiger partial charge in [-0.1, -0.05) is 25.7 Å². The molecule has 1 aliphatic rings. The second-order valence-corrected chi connectivity index (χ2v) is 6.01. The SMILES string of the molecule is Cc1cc(N(C)CCC2CCCC2)ncc1Br. The third kappa shape index (κ3) is 3.44. The molecule has 0 spiro atoms. The number of pyridine rings is 1. The summed E-state index contributed by atoms with van der Waals surface area (Å²) in [5, 5.41) is 0. The molecule has 3 heteroatoms. The summed E-state index contributed by atoms with van der Waals surface area (Å²) < 4.78 is 1.09. The number of anilines is 1. The molecule has 0 aromatic carbocycles. The normalized spacial score (nSPS) is 16.4. The highest BCUT2D eigenvalue weighted by Gasteiger charge is 2.15. The molecule has 1 heterocycles. The van der Waals surface area contributed by atoms with E-state index < -0.39 is 0 Å². The van der Waals surface area contributed by atoms with E-state index in [-0.39, 0.29) is 0 Å². The Hall–Kier alpha value is -0.570.